The number of aryl methyl sites for hydroxylation is 2. The van der Waals surface area contributed by atoms with Gasteiger partial charge < -0.3 is 10.0 Å². The van der Waals surface area contributed by atoms with Crippen molar-refractivity contribution in [2.75, 3.05) is 16.4 Å². The Labute approximate surface area is 156 Å². The van der Waals surface area contributed by atoms with E-state index in [9.17, 15) is 18.0 Å². The third-order valence-electron chi connectivity index (χ3n) is 4.46. The lowest BCUT2D eigenvalue weighted by Crippen LogP contribution is -2.38. The molecule has 0 saturated carbocycles. The van der Waals surface area contributed by atoms with E-state index in [1.54, 1.807) is 0 Å². The van der Waals surface area contributed by atoms with E-state index in [1.807, 2.05) is 36.9 Å². The predicted octanol–water partition coefficient (Wildman–Crippen LogP) is 1.77. The highest BCUT2D eigenvalue weighted by Crippen LogP contribution is 2.42. The standard InChI is InChI=1S/C17H20N2O5S2/c1-10-3-4-11(2)12(7-10)19-13-8-26(23,24)9-14(13)25-17(19)18-15(20)5-6-16(21)22/h3-4,7,13-14H,5-6,8-9H2,1-2H3,(H,21,22). The van der Waals surface area contributed by atoms with Gasteiger partial charge >= 0.3 is 5.97 Å². The van der Waals surface area contributed by atoms with E-state index in [-0.39, 0.29) is 35.6 Å². The lowest BCUT2D eigenvalue weighted by Gasteiger charge is -2.26. The first kappa shape index (κ1) is 18.9. The molecule has 7 nitrogen and oxygen atoms in total. The minimum absolute atomic E-state index is 0.0282. The molecule has 0 aliphatic carbocycles. The summed E-state index contributed by atoms with van der Waals surface area (Å²) in [6, 6.07) is 5.62. The number of nitrogens with zero attached hydrogens (tertiary/aromatic N) is 2. The average molecular weight is 396 g/mol. The molecule has 2 saturated heterocycles. The van der Waals surface area contributed by atoms with Crippen LogP contribution in [0.15, 0.2) is 23.2 Å². The molecular weight excluding hydrogens is 376 g/mol. The third kappa shape index (κ3) is 3.93. The van der Waals surface area contributed by atoms with Gasteiger partial charge in [0.05, 0.1) is 24.0 Å². The first-order chi connectivity index (χ1) is 12.2. The van der Waals surface area contributed by atoms with Crippen molar-refractivity contribution in [1.82, 2.24) is 0 Å². The summed E-state index contributed by atoms with van der Waals surface area (Å²) in [5.41, 5.74) is 2.83. The van der Waals surface area contributed by atoms with Gasteiger partial charge in [-0.15, -0.1) is 0 Å². The summed E-state index contributed by atoms with van der Waals surface area (Å²) in [6.07, 6.45) is -0.446. The topological polar surface area (TPSA) is 104 Å². The molecule has 1 aromatic carbocycles. The van der Waals surface area contributed by atoms with Gasteiger partial charge in [-0.25, -0.2) is 8.42 Å². The SMILES string of the molecule is Cc1ccc(C)c(N2C(=NC(=O)CCC(=O)O)SC3CS(=O)(=O)CC32)c1. The molecule has 140 valence electrons. The molecule has 0 bridgehead atoms. The predicted molar refractivity (Wildman–Crippen MR) is 102 cm³/mol. The van der Waals surface area contributed by atoms with Crippen LogP contribution in [0, 0.1) is 13.8 Å². The Morgan fingerprint density at radius 2 is 2.00 bits per heavy atom. The van der Waals surface area contributed by atoms with Gasteiger partial charge in [-0.3, -0.25) is 9.59 Å². The molecule has 1 N–H and O–H groups in total. The second kappa shape index (κ2) is 7.03. The second-order valence-electron chi connectivity index (χ2n) is 6.64. The number of aliphatic imine (C=N–C) groups is 1. The Balaban J connectivity index is 1.97. The Morgan fingerprint density at radius 3 is 2.69 bits per heavy atom. The third-order valence-corrected chi connectivity index (χ3v) is 7.67. The Morgan fingerprint density at radius 1 is 1.27 bits per heavy atom. The Hall–Kier alpha value is -1.87. The lowest BCUT2D eigenvalue weighted by molar-refractivity contribution is -0.138. The molecule has 2 unspecified atom stereocenters. The number of amidine groups is 1. The van der Waals surface area contributed by atoms with E-state index in [0.717, 1.165) is 16.8 Å². The lowest BCUT2D eigenvalue weighted by atomic mass is 10.1. The van der Waals surface area contributed by atoms with Gasteiger partial charge in [0.1, 0.15) is 0 Å². The highest BCUT2D eigenvalue weighted by Gasteiger charge is 2.49. The van der Waals surface area contributed by atoms with Crippen molar-refractivity contribution in [2.24, 2.45) is 4.99 Å². The first-order valence-electron chi connectivity index (χ1n) is 8.23. The van der Waals surface area contributed by atoms with Gasteiger partial charge in [0.15, 0.2) is 15.0 Å². The molecule has 2 aliphatic heterocycles. The molecule has 0 aromatic heterocycles. The van der Waals surface area contributed by atoms with Crippen LogP contribution < -0.4 is 4.90 Å². The van der Waals surface area contributed by atoms with E-state index in [2.05, 4.69) is 4.99 Å². The summed E-state index contributed by atoms with van der Waals surface area (Å²) in [6.45, 7) is 3.88. The minimum Gasteiger partial charge on any atom is -0.481 e. The van der Waals surface area contributed by atoms with Crippen molar-refractivity contribution in [2.45, 2.75) is 38.0 Å². The summed E-state index contributed by atoms with van der Waals surface area (Å²) in [5, 5.41) is 9.01. The maximum atomic E-state index is 12.1. The number of carboxylic acids is 1. The summed E-state index contributed by atoms with van der Waals surface area (Å²) in [4.78, 5) is 28.7. The minimum atomic E-state index is -3.12. The molecular formula is C17H20N2O5S2. The Bertz CT molecular complexity index is 894. The molecule has 2 atom stereocenters. The van der Waals surface area contributed by atoms with Gasteiger partial charge in [-0.1, -0.05) is 23.9 Å². The number of fused-ring (bicyclic) bond motifs is 1. The zero-order valence-electron chi connectivity index (χ0n) is 14.5. The fourth-order valence-electron chi connectivity index (χ4n) is 3.20. The number of carbonyl (C=O) groups excluding carboxylic acids is 1. The summed E-state index contributed by atoms with van der Waals surface area (Å²) >= 11 is 1.29. The molecule has 1 aromatic rings. The van der Waals surface area contributed by atoms with Crippen molar-refractivity contribution in [3.05, 3.63) is 29.3 Å². The zero-order chi connectivity index (χ0) is 19.1. The highest BCUT2D eigenvalue weighted by atomic mass is 32.2. The maximum Gasteiger partial charge on any atom is 0.303 e. The van der Waals surface area contributed by atoms with Crippen LogP contribution in [0.5, 0.6) is 0 Å². The van der Waals surface area contributed by atoms with Gasteiger partial charge in [-0.05, 0) is 31.0 Å². The smallest absolute Gasteiger partial charge is 0.303 e. The quantitative estimate of drug-likeness (QED) is 0.827. The molecule has 3 rings (SSSR count). The molecule has 2 aliphatic rings. The summed E-state index contributed by atoms with van der Waals surface area (Å²) in [5.74, 6) is -1.47. The molecule has 1 amide bonds. The fourth-order valence-corrected chi connectivity index (χ4v) is 7.13. The van der Waals surface area contributed by atoms with Crippen LogP contribution in [0.2, 0.25) is 0 Å². The average Bonchev–Trinajstić information content (AvgIpc) is 2.99. The van der Waals surface area contributed by atoms with Crippen molar-refractivity contribution < 1.29 is 23.1 Å². The number of hydrogen-bond acceptors (Lipinski definition) is 5. The fraction of sp³-hybridized carbons (Fsp3) is 0.471. The number of amides is 1. The number of benzene rings is 1. The molecule has 0 radical (unpaired) electrons. The van der Waals surface area contributed by atoms with Gasteiger partial charge in [-0.2, -0.15) is 4.99 Å². The van der Waals surface area contributed by atoms with E-state index in [1.165, 1.54) is 11.8 Å². The molecule has 2 heterocycles. The van der Waals surface area contributed by atoms with Crippen LogP contribution in [0.4, 0.5) is 5.69 Å². The first-order valence-corrected chi connectivity index (χ1v) is 10.9. The van der Waals surface area contributed by atoms with Gasteiger partial charge in [0.25, 0.3) is 0 Å². The van der Waals surface area contributed by atoms with Crippen LogP contribution in [0.3, 0.4) is 0 Å². The van der Waals surface area contributed by atoms with Crippen molar-refractivity contribution in [3.8, 4) is 0 Å². The van der Waals surface area contributed by atoms with E-state index < -0.39 is 21.7 Å². The molecule has 9 heteroatoms. The number of anilines is 1. The van der Waals surface area contributed by atoms with Crippen LogP contribution in [0.1, 0.15) is 24.0 Å². The van der Waals surface area contributed by atoms with E-state index in [4.69, 9.17) is 5.11 Å². The summed E-state index contributed by atoms with van der Waals surface area (Å²) < 4.78 is 24.1. The normalized spacial score (nSPS) is 25.5. The molecule has 2 fully saturated rings. The highest BCUT2D eigenvalue weighted by molar-refractivity contribution is 8.16. The van der Waals surface area contributed by atoms with Crippen molar-refractivity contribution >= 4 is 44.3 Å². The van der Waals surface area contributed by atoms with E-state index in [0.29, 0.717) is 5.17 Å². The van der Waals surface area contributed by atoms with Crippen molar-refractivity contribution in [3.63, 3.8) is 0 Å². The second-order valence-corrected chi connectivity index (χ2v) is 10.0. The number of carbonyl (C=O) groups is 2. The van der Waals surface area contributed by atoms with Crippen LogP contribution in [0.25, 0.3) is 0 Å². The van der Waals surface area contributed by atoms with Gasteiger partial charge in [0, 0.05) is 17.4 Å². The van der Waals surface area contributed by atoms with Crippen LogP contribution >= 0.6 is 11.8 Å². The number of thioether (sulfide) groups is 1. The summed E-state index contributed by atoms with van der Waals surface area (Å²) in [7, 11) is -3.12. The van der Waals surface area contributed by atoms with Crippen LogP contribution in [-0.2, 0) is 19.4 Å². The number of sulfone groups is 1. The number of hydrogen-bond donors (Lipinski definition) is 1. The van der Waals surface area contributed by atoms with Gasteiger partial charge in [0.2, 0.25) is 5.91 Å². The largest absolute Gasteiger partial charge is 0.481 e. The van der Waals surface area contributed by atoms with E-state index >= 15 is 0 Å². The number of carboxylic acid groups (broad SMARTS) is 1. The Kier molecular flexibility index (Phi) is 5.12. The molecule has 26 heavy (non-hydrogen) atoms. The maximum absolute atomic E-state index is 12.1. The van der Waals surface area contributed by atoms with Crippen molar-refractivity contribution in [1.29, 1.82) is 0 Å². The number of rotatable bonds is 4. The van der Waals surface area contributed by atoms with Crippen LogP contribution in [-0.4, -0.2) is 53.4 Å². The zero-order valence-corrected chi connectivity index (χ0v) is 16.1. The number of aliphatic carboxylic acids is 1. The molecule has 0 spiro atoms. The monoisotopic (exact) mass is 396 g/mol.